The van der Waals surface area contributed by atoms with E-state index in [9.17, 15) is 4.79 Å². The van der Waals surface area contributed by atoms with Crippen LogP contribution in [0.2, 0.25) is 0 Å². The van der Waals surface area contributed by atoms with Gasteiger partial charge in [0.25, 0.3) is 5.91 Å². The molecule has 1 saturated heterocycles. The Balaban J connectivity index is 2.15. The quantitative estimate of drug-likeness (QED) is 0.927. The molecule has 0 bridgehead atoms. The van der Waals surface area contributed by atoms with Crippen LogP contribution in [-0.4, -0.2) is 42.4 Å². The number of benzene rings is 1. The first kappa shape index (κ1) is 15.2. The van der Waals surface area contributed by atoms with Crippen molar-refractivity contribution in [3.8, 4) is 0 Å². The van der Waals surface area contributed by atoms with Crippen molar-refractivity contribution < 1.29 is 4.79 Å². The number of rotatable bonds is 3. The smallest absolute Gasteiger partial charge is 0.255 e. The molecule has 1 fully saturated rings. The van der Waals surface area contributed by atoms with Gasteiger partial charge >= 0.3 is 0 Å². The zero-order chi connectivity index (χ0) is 14.8. The van der Waals surface area contributed by atoms with Gasteiger partial charge in [-0.05, 0) is 29.7 Å². The number of nitrogens with one attached hydrogen (secondary N) is 1. The minimum absolute atomic E-state index is 0.0517. The molecule has 1 N–H and O–H groups in total. The van der Waals surface area contributed by atoms with E-state index in [-0.39, 0.29) is 5.91 Å². The summed E-state index contributed by atoms with van der Waals surface area (Å²) in [6.07, 6.45) is 1.14. The lowest BCUT2D eigenvalue weighted by Gasteiger charge is -2.36. The fraction of sp³-hybridized carbons (Fsp3) is 0.562. The fourth-order valence-electron chi connectivity index (χ4n) is 2.61. The number of carbonyl (C=O) groups is 1. The van der Waals surface area contributed by atoms with E-state index in [1.807, 2.05) is 36.0 Å². The van der Waals surface area contributed by atoms with Crippen molar-refractivity contribution in [3.05, 3.63) is 29.8 Å². The van der Waals surface area contributed by atoms with Crippen LogP contribution in [0.5, 0.6) is 0 Å². The van der Waals surface area contributed by atoms with Gasteiger partial charge in [0.15, 0.2) is 0 Å². The van der Waals surface area contributed by atoms with Gasteiger partial charge in [-0.2, -0.15) is 11.8 Å². The molecule has 4 heteroatoms. The molecular weight excluding hydrogens is 268 g/mol. The van der Waals surface area contributed by atoms with Gasteiger partial charge in [-0.25, -0.2) is 0 Å². The van der Waals surface area contributed by atoms with Crippen LogP contribution in [0, 0.1) is 5.41 Å². The largest absolute Gasteiger partial charge is 0.381 e. The third-order valence-corrected chi connectivity index (χ3v) is 5.16. The molecule has 110 valence electrons. The Labute approximate surface area is 126 Å². The van der Waals surface area contributed by atoms with Gasteiger partial charge in [0.2, 0.25) is 0 Å². The third kappa shape index (κ3) is 3.69. The topological polar surface area (TPSA) is 32.3 Å². The number of nitrogens with zero attached hydrogens (tertiary/aromatic N) is 1. The highest BCUT2D eigenvalue weighted by molar-refractivity contribution is 7.99. The SMILES string of the molecule is CN(C)C(=O)c1ccccc1NC1CSCC(C)(C)C1. The number of thioether (sulfide) groups is 1. The molecule has 0 aromatic heterocycles. The molecule has 1 unspecified atom stereocenters. The van der Waals surface area contributed by atoms with Crippen LogP contribution in [-0.2, 0) is 0 Å². The standard InChI is InChI=1S/C16H24N2OS/c1-16(2)9-12(10-20-11-16)17-14-8-6-5-7-13(14)15(19)18(3)4/h5-8,12,17H,9-11H2,1-4H3. The fourth-order valence-corrected chi connectivity index (χ4v) is 3.89. The summed E-state index contributed by atoms with van der Waals surface area (Å²) in [6.45, 7) is 4.62. The Morgan fingerprint density at radius 2 is 2.05 bits per heavy atom. The van der Waals surface area contributed by atoms with E-state index in [2.05, 4.69) is 19.2 Å². The lowest BCUT2D eigenvalue weighted by molar-refractivity contribution is 0.0828. The molecule has 0 aliphatic carbocycles. The molecule has 0 radical (unpaired) electrons. The molecule has 20 heavy (non-hydrogen) atoms. The number of amides is 1. The molecule has 1 amide bonds. The summed E-state index contributed by atoms with van der Waals surface area (Å²) in [6, 6.07) is 8.23. The summed E-state index contributed by atoms with van der Waals surface area (Å²) in [5.74, 6) is 2.37. The summed E-state index contributed by atoms with van der Waals surface area (Å²) in [5, 5.41) is 3.57. The average molecular weight is 292 g/mol. The first-order chi connectivity index (χ1) is 9.39. The van der Waals surface area contributed by atoms with Gasteiger partial charge in [0, 0.05) is 31.6 Å². The van der Waals surface area contributed by atoms with Gasteiger partial charge in [0.05, 0.1) is 5.56 Å². The lowest BCUT2D eigenvalue weighted by Crippen LogP contribution is -2.36. The van der Waals surface area contributed by atoms with Crippen LogP contribution < -0.4 is 5.32 Å². The first-order valence-corrected chi connectivity index (χ1v) is 8.19. The Morgan fingerprint density at radius 1 is 1.35 bits per heavy atom. The highest BCUT2D eigenvalue weighted by atomic mass is 32.2. The highest BCUT2D eigenvalue weighted by Gasteiger charge is 2.29. The van der Waals surface area contributed by atoms with Crippen LogP contribution in [0.15, 0.2) is 24.3 Å². The van der Waals surface area contributed by atoms with E-state index in [1.54, 1.807) is 19.0 Å². The van der Waals surface area contributed by atoms with Crippen molar-refractivity contribution in [2.45, 2.75) is 26.3 Å². The molecule has 1 aromatic carbocycles. The molecule has 3 nitrogen and oxygen atoms in total. The summed E-state index contributed by atoms with van der Waals surface area (Å²) in [4.78, 5) is 13.8. The summed E-state index contributed by atoms with van der Waals surface area (Å²) in [5.41, 5.74) is 2.07. The van der Waals surface area contributed by atoms with Gasteiger partial charge in [-0.1, -0.05) is 26.0 Å². The van der Waals surface area contributed by atoms with E-state index >= 15 is 0 Å². The Bertz CT molecular complexity index is 485. The molecule has 1 aliphatic rings. The summed E-state index contributed by atoms with van der Waals surface area (Å²) < 4.78 is 0. The van der Waals surface area contributed by atoms with E-state index in [0.717, 1.165) is 23.4 Å². The van der Waals surface area contributed by atoms with Crippen LogP contribution in [0.4, 0.5) is 5.69 Å². The minimum Gasteiger partial charge on any atom is -0.381 e. The van der Waals surface area contributed by atoms with E-state index in [0.29, 0.717) is 11.5 Å². The second-order valence-corrected chi connectivity index (χ2v) is 7.50. The molecule has 1 heterocycles. The van der Waals surface area contributed by atoms with Crippen molar-refractivity contribution in [2.75, 3.05) is 30.9 Å². The highest BCUT2D eigenvalue weighted by Crippen LogP contribution is 2.35. The Morgan fingerprint density at radius 3 is 2.70 bits per heavy atom. The average Bonchev–Trinajstić information content (AvgIpc) is 2.37. The Kier molecular flexibility index (Phi) is 4.63. The number of anilines is 1. The van der Waals surface area contributed by atoms with E-state index in [4.69, 9.17) is 0 Å². The van der Waals surface area contributed by atoms with Gasteiger partial charge in [0.1, 0.15) is 0 Å². The lowest BCUT2D eigenvalue weighted by atomic mass is 9.87. The number of hydrogen-bond acceptors (Lipinski definition) is 3. The van der Waals surface area contributed by atoms with E-state index in [1.165, 1.54) is 5.75 Å². The Hall–Kier alpha value is -1.16. The molecule has 0 spiro atoms. The number of carbonyl (C=O) groups excluding carboxylic acids is 1. The number of para-hydroxylation sites is 1. The predicted octanol–water partition coefficient (Wildman–Crippen LogP) is 3.33. The normalized spacial score (nSPS) is 21.3. The van der Waals surface area contributed by atoms with E-state index < -0.39 is 0 Å². The summed E-state index contributed by atoms with van der Waals surface area (Å²) >= 11 is 1.99. The van der Waals surface area contributed by atoms with Crippen LogP contribution in [0.3, 0.4) is 0 Å². The maximum Gasteiger partial charge on any atom is 0.255 e. The monoisotopic (exact) mass is 292 g/mol. The molecule has 1 aromatic rings. The molecule has 1 atom stereocenters. The van der Waals surface area contributed by atoms with Crippen LogP contribution >= 0.6 is 11.8 Å². The van der Waals surface area contributed by atoms with Gasteiger partial charge in [-0.3, -0.25) is 4.79 Å². The van der Waals surface area contributed by atoms with Crippen molar-refractivity contribution in [2.24, 2.45) is 5.41 Å². The zero-order valence-corrected chi connectivity index (χ0v) is 13.6. The maximum atomic E-state index is 12.2. The van der Waals surface area contributed by atoms with Crippen molar-refractivity contribution in [1.29, 1.82) is 0 Å². The van der Waals surface area contributed by atoms with Crippen molar-refractivity contribution >= 4 is 23.4 Å². The second kappa shape index (κ2) is 6.08. The zero-order valence-electron chi connectivity index (χ0n) is 12.8. The number of hydrogen-bond donors (Lipinski definition) is 1. The predicted molar refractivity (Wildman–Crippen MR) is 87.6 cm³/mol. The van der Waals surface area contributed by atoms with Crippen molar-refractivity contribution in [1.82, 2.24) is 4.90 Å². The first-order valence-electron chi connectivity index (χ1n) is 7.04. The summed E-state index contributed by atoms with van der Waals surface area (Å²) in [7, 11) is 3.58. The second-order valence-electron chi connectivity index (χ2n) is 6.47. The maximum absolute atomic E-state index is 12.2. The molecular formula is C16H24N2OS. The van der Waals surface area contributed by atoms with Gasteiger partial charge < -0.3 is 10.2 Å². The van der Waals surface area contributed by atoms with Crippen LogP contribution in [0.1, 0.15) is 30.6 Å². The minimum atomic E-state index is 0.0517. The van der Waals surface area contributed by atoms with Gasteiger partial charge in [-0.15, -0.1) is 0 Å². The molecule has 1 aliphatic heterocycles. The molecule has 0 saturated carbocycles. The molecule has 2 rings (SSSR count). The third-order valence-electron chi connectivity index (χ3n) is 3.53. The van der Waals surface area contributed by atoms with Crippen LogP contribution in [0.25, 0.3) is 0 Å². The van der Waals surface area contributed by atoms with Crippen molar-refractivity contribution in [3.63, 3.8) is 0 Å².